The van der Waals surface area contributed by atoms with Crippen LogP contribution in [-0.4, -0.2) is 55.4 Å². The maximum Gasteiger partial charge on any atom is 0.297 e. The Labute approximate surface area is 238 Å². The van der Waals surface area contributed by atoms with Gasteiger partial charge in [0, 0.05) is 30.0 Å². The molecule has 11 nitrogen and oxygen atoms in total. The molecule has 2 aromatic heterocycles. The summed E-state index contributed by atoms with van der Waals surface area (Å²) >= 11 is 0. The van der Waals surface area contributed by atoms with Crippen LogP contribution in [0, 0.1) is 6.92 Å². The van der Waals surface area contributed by atoms with Gasteiger partial charge in [0.2, 0.25) is 5.95 Å². The Morgan fingerprint density at radius 1 is 0.927 bits per heavy atom. The molecule has 0 aliphatic heterocycles. The molecule has 0 radical (unpaired) electrons. The maximum absolute atomic E-state index is 12.8. The molecule has 0 fully saturated rings. The van der Waals surface area contributed by atoms with Gasteiger partial charge in [-0.05, 0) is 50.2 Å². The molecule has 5 rings (SSSR count). The summed E-state index contributed by atoms with van der Waals surface area (Å²) in [6.07, 6.45) is -0.559. The second-order valence-corrected chi connectivity index (χ2v) is 11.0. The van der Waals surface area contributed by atoms with Gasteiger partial charge in [0.05, 0.1) is 32.3 Å². The Kier molecular flexibility index (Phi) is 7.95. The fourth-order valence-corrected chi connectivity index (χ4v) is 5.53. The quantitative estimate of drug-likeness (QED) is 0.223. The first kappa shape index (κ1) is 28.1. The van der Waals surface area contributed by atoms with Gasteiger partial charge in [-0.15, -0.1) is 5.10 Å². The van der Waals surface area contributed by atoms with Gasteiger partial charge in [-0.25, -0.2) is 9.97 Å². The minimum Gasteiger partial charge on any atom is -0.497 e. The Morgan fingerprint density at radius 3 is 2.39 bits per heavy atom. The lowest BCUT2D eigenvalue weighted by atomic mass is 10.2. The summed E-state index contributed by atoms with van der Waals surface area (Å²) in [5.74, 6) is 2.75. The van der Waals surface area contributed by atoms with Crippen LogP contribution in [0.3, 0.4) is 0 Å². The summed E-state index contributed by atoms with van der Waals surface area (Å²) in [5, 5.41) is 8.74. The third-order valence-electron chi connectivity index (χ3n) is 6.53. The second-order valence-electron chi connectivity index (χ2n) is 9.46. The number of para-hydroxylation sites is 1. The lowest BCUT2D eigenvalue weighted by molar-refractivity contribution is 0.226. The highest BCUT2D eigenvalue weighted by Gasteiger charge is 2.22. The standard InChI is InChI=1S/C29H31N5O6S/c1-18-9-13-22(14-10-18)41(35,36)40-19(2)15-26-31-28-23-7-6-8-24(38-4)27(23)32-29(34(28)33-26)30-17-20-11-12-21(37-3)16-25(20)39-5/h6-14,16,19H,15,17H2,1-5H3,(H,30,32). The molecule has 0 aliphatic carbocycles. The summed E-state index contributed by atoms with van der Waals surface area (Å²) in [6.45, 7) is 3.94. The predicted octanol–water partition coefficient (Wildman–Crippen LogP) is 4.56. The zero-order chi connectivity index (χ0) is 29.1. The van der Waals surface area contributed by atoms with E-state index in [-0.39, 0.29) is 11.3 Å². The van der Waals surface area contributed by atoms with E-state index in [1.54, 1.807) is 44.9 Å². The van der Waals surface area contributed by atoms with Crippen molar-refractivity contribution in [2.45, 2.75) is 37.8 Å². The van der Waals surface area contributed by atoms with Crippen molar-refractivity contribution < 1.29 is 26.8 Å². The number of fused-ring (bicyclic) bond motifs is 3. The summed E-state index contributed by atoms with van der Waals surface area (Å²) < 4.78 is 49.1. The van der Waals surface area contributed by atoms with Crippen molar-refractivity contribution in [3.05, 3.63) is 77.6 Å². The van der Waals surface area contributed by atoms with Crippen molar-refractivity contribution >= 4 is 32.6 Å². The van der Waals surface area contributed by atoms with E-state index in [9.17, 15) is 8.42 Å². The van der Waals surface area contributed by atoms with E-state index in [0.717, 1.165) is 16.5 Å². The summed E-state index contributed by atoms with van der Waals surface area (Å²) in [6, 6.07) is 17.6. The molecule has 41 heavy (non-hydrogen) atoms. The molecule has 0 amide bonds. The minimum absolute atomic E-state index is 0.0978. The molecule has 1 atom stereocenters. The molecule has 12 heteroatoms. The highest BCUT2D eigenvalue weighted by Crippen LogP contribution is 2.30. The molecule has 0 aliphatic rings. The van der Waals surface area contributed by atoms with Crippen LogP contribution in [0.15, 0.2) is 65.6 Å². The number of aromatic nitrogens is 4. The van der Waals surface area contributed by atoms with Gasteiger partial charge in [-0.1, -0.05) is 23.8 Å². The zero-order valence-electron chi connectivity index (χ0n) is 23.4. The average molecular weight is 578 g/mol. The van der Waals surface area contributed by atoms with Crippen molar-refractivity contribution in [2.75, 3.05) is 26.6 Å². The monoisotopic (exact) mass is 577 g/mol. The highest BCUT2D eigenvalue weighted by atomic mass is 32.2. The SMILES string of the molecule is COc1ccc(CNc2nc3c(OC)cccc3c3nc(CC(C)OS(=O)(=O)c4ccc(C)cc4)nn23)c(OC)c1. The van der Waals surface area contributed by atoms with Crippen LogP contribution in [0.25, 0.3) is 16.6 Å². The first-order valence-electron chi connectivity index (χ1n) is 12.9. The first-order chi connectivity index (χ1) is 19.7. The van der Waals surface area contributed by atoms with E-state index < -0.39 is 16.2 Å². The van der Waals surface area contributed by atoms with E-state index in [2.05, 4.69) is 10.4 Å². The molecule has 1 N–H and O–H groups in total. The third kappa shape index (κ3) is 5.88. The van der Waals surface area contributed by atoms with Gasteiger partial charge < -0.3 is 19.5 Å². The number of anilines is 1. The van der Waals surface area contributed by atoms with Crippen molar-refractivity contribution in [1.82, 2.24) is 19.6 Å². The predicted molar refractivity (Wildman–Crippen MR) is 154 cm³/mol. The highest BCUT2D eigenvalue weighted by molar-refractivity contribution is 7.86. The fourth-order valence-electron chi connectivity index (χ4n) is 4.45. The molecule has 1 unspecified atom stereocenters. The van der Waals surface area contributed by atoms with Gasteiger partial charge in [0.15, 0.2) is 11.5 Å². The molecule has 0 bridgehead atoms. The molecular formula is C29H31N5O6S. The maximum atomic E-state index is 12.8. The molecule has 0 saturated heterocycles. The molecule has 2 heterocycles. The van der Waals surface area contributed by atoms with Crippen LogP contribution in [-0.2, 0) is 27.3 Å². The van der Waals surface area contributed by atoms with Gasteiger partial charge >= 0.3 is 0 Å². The number of hydrogen-bond acceptors (Lipinski definition) is 10. The lowest BCUT2D eigenvalue weighted by Gasteiger charge is -2.13. The molecular weight excluding hydrogens is 546 g/mol. The number of ether oxygens (including phenoxy) is 3. The van der Waals surface area contributed by atoms with E-state index >= 15 is 0 Å². The zero-order valence-corrected chi connectivity index (χ0v) is 24.2. The van der Waals surface area contributed by atoms with Gasteiger partial charge in [-0.3, -0.25) is 4.18 Å². The van der Waals surface area contributed by atoms with Crippen LogP contribution < -0.4 is 19.5 Å². The van der Waals surface area contributed by atoms with Crippen molar-refractivity contribution in [3.8, 4) is 17.2 Å². The van der Waals surface area contributed by atoms with Gasteiger partial charge in [0.1, 0.15) is 22.8 Å². The third-order valence-corrected chi connectivity index (χ3v) is 7.96. The Hall–Kier alpha value is -4.42. The first-order valence-corrected chi connectivity index (χ1v) is 14.3. The van der Waals surface area contributed by atoms with Crippen LogP contribution >= 0.6 is 0 Å². The number of aryl methyl sites for hydroxylation is 1. The largest absolute Gasteiger partial charge is 0.497 e. The topological polar surface area (TPSA) is 126 Å². The Bertz CT molecular complexity index is 1800. The normalized spacial score (nSPS) is 12.4. The number of methoxy groups -OCH3 is 3. The second kappa shape index (κ2) is 11.6. The molecule has 214 valence electrons. The fraction of sp³-hybridized carbons (Fsp3) is 0.276. The Balaban J connectivity index is 1.47. The summed E-state index contributed by atoms with van der Waals surface area (Å²) in [4.78, 5) is 9.65. The minimum atomic E-state index is -3.95. The number of rotatable bonds is 11. The van der Waals surface area contributed by atoms with E-state index in [1.807, 2.05) is 43.3 Å². The van der Waals surface area contributed by atoms with E-state index in [4.69, 9.17) is 28.4 Å². The van der Waals surface area contributed by atoms with Crippen LogP contribution in [0.4, 0.5) is 5.95 Å². The van der Waals surface area contributed by atoms with Crippen LogP contribution in [0.2, 0.25) is 0 Å². The van der Waals surface area contributed by atoms with Crippen molar-refractivity contribution in [3.63, 3.8) is 0 Å². The Morgan fingerprint density at radius 2 is 1.68 bits per heavy atom. The van der Waals surface area contributed by atoms with Crippen molar-refractivity contribution in [2.24, 2.45) is 0 Å². The molecule has 0 spiro atoms. The molecule has 0 saturated carbocycles. The summed E-state index contributed by atoms with van der Waals surface area (Å²) in [5.41, 5.74) is 2.99. The van der Waals surface area contributed by atoms with E-state index in [0.29, 0.717) is 46.7 Å². The average Bonchev–Trinajstić information content (AvgIpc) is 3.39. The van der Waals surface area contributed by atoms with Gasteiger partial charge in [0.25, 0.3) is 10.1 Å². The number of nitrogens with zero attached hydrogens (tertiary/aromatic N) is 4. The van der Waals surface area contributed by atoms with Gasteiger partial charge in [-0.2, -0.15) is 12.9 Å². The number of benzene rings is 3. The van der Waals surface area contributed by atoms with E-state index in [1.165, 1.54) is 12.1 Å². The molecule has 3 aromatic carbocycles. The smallest absolute Gasteiger partial charge is 0.297 e. The molecule has 5 aromatic rings. The number of nitrogens with one attached hydrogen (secondary N) is 1. The number of hydrogen-bond donors (Lipinski definition) is 1. The lowest BCUT2D eigenvalue weighted by Crippen LogP contribution is -2.18. The summed E-state index contributed by atoms with van der Waals surface area (Å²) in [7, 11) is 0.826. The van der Waals surface area contributed by atoms with Crippen LogP contribution in [0.1, 0.15) is 23.9 Å². The van der Waals surface area contributed by atoms with Crippen molar-refractivity contribution in [1.29, 1.82) is 0 Å². The van der Waals surface area contributed by atoms with Crippen LogP contribution in [0.5, 0.6) is 17.2 Å².